The monoisotopic (exact) mass is 294 g/mol. The van der Waals surface area contributed by atoms with Crippen molar-refractivity contribution in [1.29, 1.82) is 0 Å². The van der Waals surface area contributed by atoms with Crippen LogP contribution >= 0.6 is 22.6 Å². The van der Waals surface area contributed by atoms with Gasteiger partial charge in [-0.3, -0.25) is 0 Å². The van der Waals surface area contributed by atoms with Crippen molar-refractivity contribution in [3.05, 3.63) is 24.4 Å². The second kappa shape index (κ2) is 5.65. The molecule has 3 heteroatoms. The molecule has 0 amide bonds. The van der Waals surface area contributed by atoms with E-state index < -0.39 is 0 Å². The minimum absolute atomic E-state index is 0.0296. The average molecular weight is 294 g/mol. The van der Waals surface area contributed by atoms with Crippen LogP contribution in [0.1, 0.15) is 20.8 Å². The highest BCUT2D eigenvalue weighted by atomic mass is 127. The van der Waals surface area contributed by atoms with Crippen molar-refractivity contribution in [3.63, 3.8) is 0 Å². The summed E-state index contributed by atoms with van der Waals surface area (Å²) in [7, 11) is 0. The van der Waals surface area contributed by atoms with Crippen LogP contribution in [0.3, 0.4) is 0 Å². The molecule has 0 radical (unpaired) electrons. The van der Waals surface area contributed by atoms with E-state index in [4.69, 9.17) is 5.73 Å². The van der Waals surface area contributed by atoms with Crippen LogP contribution in [0, 0.1) is 0 Å². The second-order valence-corrected chi connectivity index (χ2v) is 6.28. The topological polar surface area (TPSA) is 38.0 Å². The number of halogens is 1. The molecule has 0 saturated heterocycles. The predicted octanol–water partition coefficient (Wildman–Crippen LogP) is 2.21. The lowest BCUT2D eigenvalue weighted by atomic mass is 10.1. The van der Waals surface area contributed by atoms with Crippen molar-refractivity contribution in [2.24, 2.45) is 5.73 Å². The molecule has 0 aliphatic rings. The Morgan fingerprint density at radius 3 is 2.62 bits per heavy atom. The Balaban J connectivity index is 4.13. The van der Waals surface area contributed by atoms with Crippen LogP contribution in [0.5, 0.6) is 0 Å². The number of alkyl halides is 1. The summed E-state index contributed by atoms with van der Waals surface area (Å²) >= 11 is 2.33. The van der Waals surface area contributed by atoms with Gasteiger partial charge in [0.05, 0.1) is 3.42 Å². The molecule has 0 aliphatic heterocycles. The van der Waals surface area contributed by atoms with Crippen LogP contribution in [0.25, 0.3) is 0 Å². The highest BCUT2D eigenvalue weighted by Gasteiger charge is 2.16. The molecular formula is C10H19IN2. The molecule has 0 heterocycles. The largest absolute Gasteiger partial charge is 0.401 e. The summed E-state index contributed by atoms with van der Waals surface area (Å²) in [4.78, 5) is 0. The highest BCUT2D eigenvalue weighted by molar-refractivity contribution is 14.1. The van der Waals surface area contributed by atoms with Crippen LogP contribution in [0.15, 0.2) is 24.4 Å². The van der Waals surface area contributed by atoms with Crippen LogP contribution in [-0.4, -0.2) is 16.0 Å². The fraction of sp³-hybridized carbons (Fsp3) is 0.600. The molecule has 3 N–H and O–H groups in total. The quantitative estimate of drug-likeness (QED) is 0.463. The minimum atomic E-state index is 0.0296. The Bertz CT molecular complexity index is 192. The third-order valence-corrected chi connectivity index (χ3v) is 2.32. The van der Waals surface area contributed by atoms with Gasteiger partial charge in [0.25, 0.3) is 0 Å². The number of hydrogen-bond donors (Lipinski definition) is 2. The predicted molar refractivity (Wildman–Crippen MR) is 68.0 cm³/mol. The standard InChI is InChI=1S/C10H19IN2/c1-5-6-13-8(2)7-9(12)10(3,4)11/h5,7-8,13H,1,6,12H2,2-4H3/b9-7-. The molecule has 0 saturated carbocycles. The van der Waals surface area contributed by atoms with Crippen LogP contribution in [0.4, 0.5) is 0 Å². The summed E-state index contributed by atoms with van der Waals surface area (Å²) < 4.78 is 0.0296. The molecular weight excluding hydrogens is 275 g/mol. The van der Waals surface area contributed by atoms with Crippen molar-refractivity contribution < 1.29 is 0 Å². The van der Waals surface area contributed by atoms with Gasteiger partial charge < -0.3 is 11.1 Å². The first-order valence-corrected chi connectivity index (χ1v) is 5.46. The number of nitrogens with two attached hydrogens (primary N) is 1. The molecule has 0 bridgehead atoms. The van der Waals surface area contributed by atoms with E-state index in [0.29, 0.717) is 6.04 Å². The van der Waals surface area contributed by atoms with Gasteiger partial charge in [-0.25, -0.2) is 0 Å². The summed E-state index contributed by atoms with van der Waals surface area (Å²) in [5, 5.41) is 3.26. The maximum absolute atomic E-state index is 5.91. The third-order valence-electron chi connectivity index (χ3n) is 1.70. The van der Waals surface area contributed by atoms with E-state index in [1.54, 1.807) is 0 Å². The first-order chi connectivity index (χ1) is 5.88. The highest BCUT2D eigenvalue weighted by Crippen LogP contribution is 2.22. The van der Waals surface area contributed by atoms with Gasteiger partial charge >= 0.3 is 0 Å². The molecule has 2 nitrogen and oxygen atoms in total. The van der Waals surface area contributed by atoms with Crippen molar-refractivity contribution in [2.75, 3.05) is 6.54 Å². The van der Waals surface area contributed by atoms with E-state index in [9.17, 15) is 0 Å². The maximum atomic E-state index is 5.91. The lowest BCUT2D eigenvalue weighted by molar-refractivity contribution is 0.673. The molecule has 0 aromatic carbocycles. The molecule has 0 rings (SSSR count). The Morgan fingerprint density at radius 2 is 2.23 bits per heavy atom. The van der Waals surface area contributed by atoms with Crippen molar-refractivity contribution in [2.45, 2.75) is 30.2 Å². The fourth-order valence-corrected chi connectivity index (χ4v) is 0.975. The number of allylic oxidation sites excluding steroid dienone is 1. The van der Waals surface area contributed by atoms with Gasteiger partial charge in [0.1, 0.15) is 0 Å². The maximum Gasteiger partial charge on any atom is 0.0556 e. The number of nitrogens with one attached hydrogen (secondary N) is 1. The normalized spacial score (nSPS) is 15.5. The van der Waals surface area contributed by atoms with Gasteiger partial charge in [-0.2, -0.15) is 0 Å². The SMILES string of the molecule is C=CCNC(C)/C=C(\N)C(C)(C)I. The molecule has 0 aromatic heterocycles. The lowest BCUT2D eigenvalue weighted by Gasteiger charge is -2.19. The summed E-state index contributed by atoms with van der Waals surface area (Å²) in [5.41, 5.74) is 6.83. The molecule has 76 valence electrons. The van der Waals surface area contributed by atoms with E-state index in [1.807, 2.05) is 6.08 Å². The Labute approximate surface area is 94.8 Å². The molecule has 1 unspecified atom stereocenters. The zero-order valence-electron chi connectivity index (χ0n) is 8.60. The zero-order chi connectivity index (χ0) is 10.5. The summed E-state index contributed by atoms with van der Waals surface area (Å²) in [6.07, 6.45) is 3.89. The first kappa shape index (κ1) is 13.0. The van der Waals surface area contributed by atoms with Gasteiger partial charge in [-0.1, -0.05) is 28.7 Å². The fourth-order valence-electron chi connectivity index (χ4n) is 0.796. The lowest BCUT2D eigenvalue weighted by Crippen LogP contribution is -2.28. The smallest absolute Gasteiger partial charge is 0.0556 e. The number of hydrogen-bond acceptors (Lipinski definition) is 2. The van der Waals surface area contributed by atoms with Crippen molar-refractivity contribution in [1.82, 2.24) is 5.32 Å². The Morgan fingerprint density at radius 1 is 1.69 bits per heavy atom. The summed E-state index contributed by atoms with van der Waals surface area (Å²) in [5.74, 6) is 0. The van der Waals surface area contributed by atoms with Crippen molar-refractivity contribution in [3.8, 4) is 0 Å². The van der Waals surface area contributed by atoms with Crippen LogP contribution in [0.2, 0.25) is 0 Å². The minimum Gasteiger partial charge on any atom is -0.401 e. The van der Waals surface area contributed by atoms with Gasteiger partial charge in [-0.05, 0) is 26.8 Å². The average Bonchev–Trinajstić information content (AvgIpc) is 1.99. The molecule has 1 atom stereocenters. The van der Waals surface area contributed by atoms with Crippen LogP contribution < -0.4 is 11.1 Å². The van der Waals surface area contributed by atoms with Gasteiger partial charge in [0, 0.05) is 18.3 Å². The van der Waals surface area contributed by atoms with Crippen molar-refractivity contribution >= 4 is 22.6 Å². The van der Waals surface area contributed by atoms with E-state index in [-0.39, 0.29) is 3.42 Å². The molecule has 0 fully saturated rings. The molecule has 13 heavy (non-hydrogen) atoms. The van der Waals surface area contributed by atoms with Gasteiger partial charge in [0.2, 0.25) is 0 Å². The number of rotatable bonds is 5. The first-order valence-electron chi connectivity index (χ1n) is 4.39. The van der Waals surface area contributed by atoms with E-state index in [0.717, 1.165) is 12.2 Å². The second-order valence-electron chi connectivity index (χ2n) is 3.58. The zero-order valence-corrected chi connectivity index (χ0v) is 10.8. The van der Waals surface area contributed by atoms with E-state index >= 15 is 0 Å². The molecule has 0 aromatic rings. The summed E-state index contributed by atoms with van der Waals surface area (Å²) in [6, 6.07) is 0.298. The molecule has 0 spiro atoms. The Hall–Kier alpha value is -0.0300. The van der Waals surface area contributed by atoms with Crippen LogP contribution in [-0.2, 0) is 0 Å². The molecule has 0 aliphatic carbocycles. The van der Waals surface area contributed by atoms with Gasteiger partial charge in [-0.15, -0.1) is 6.58 Å². The Kier molecular flexibility index (Phi) is 5.64. The van der Waals surface area contributed by atoms with E-state index in [2.05, 4.69) is 61.3 Å². The van der Waals surface area contributed by atoms with Gasteiger partial charge in [0.15, 0.2) is 0 Å². The summed E-state index contributed by atoms with van der Waals surface area (Å²) in [6.45, 7) is 10.7. The van der Waals surface area contributed by atoms with E-state index in [1.165, 1.54) is 0 Å². The third kappa shape index (κ3) is 6.10.